The van der Waals surface area contributed by atoms with Crippen LogP contribution in [0.15, 0.2) is 4.99 Å². The summed E-state index contributed by atoms with van der Waals surface area (Å²) < 4.78 is -0.181. The second kappa shape index (κ2) is 1.80. The van der Waals surface area contributed by atoms with Crippen molar-refractivity contribution in [1.82, 2.24) is 0 Å². The molecule has 1 heterocycles. The van der Waals surface area contributed by atoms with Gasteiger partial charge in [0.2, 0.25) is 0 Å². The van der Waals surface area contributed by atoms with Gasteiger partial charge in [-0.1, -0.05) is 0 Å². The molecule has 9 heavy (non-hydrogen) atoms. The van der Waals surface area contributed by atoms with Gasteiger partial charge in [-0.3, -0.25) is 0 Å². The van der Waals surface area contributed by atoms with Crippen LogP contribution in [0.4, 0.5) is 4.79 Å². The van der Waals surface area contributed by atoms with E-state index in [9.17, 15) is 9.90 Å². The van der Waals surface area contributed by atoms with Crippen molar-refractivity contribution in [3.8, 4) is 0 Å². The van der Waals surface area contributed by atoms with Crippen LogP contribution >= 0.6 is 0 Å². The maximum atomic E-state index is 10.3. The van der Waals surface area contributed by atoms with Crippen LogP contribution in [0, 0.1) is 0 Å². The highest BCUT2D eigenvalue weighted by molar-refractivity contribution is 5.68. The number of rotatable bonds is 0. The predicted octanol–water partition coefficient (Wildman–Crippen LogP) is -1.18. The van der Waals surface area contributed by atoms with E-state index in [1.165, 1.54) is 6.34 Å². The molecule has 0 aliphatic carbocycles. The van der Waals surface area contributed by atoms with E-state index < -0.39 is 6.09 Å². The summed E-state index contributed by atoms with van der Waals surface area (Å²) in [6.07, 6.45) is 0.311. The molecule has 1 unspecified atom stereocenters. The first-order valence-corrected chi connectivity index (χ1v) is 2.73. The lowest BCUT2D eigenvalue weighted by atomic mass is 10.5. The monoisotopic (exact) mass is 128 g/mol. The van der Waals surface area contributed by atoms with E-state index in [1.807, 2.05) is 0 Å². The van der Waals surface area contributed by atoms with Crippen LogP contribution < -0.4 is 5.11 Å². The number of likely N-dealkylation sites (N-methyl/N-ethyl adjacent to an activating group) is 1. The number of carbonyl (C=O) groups excluding carboxylic acids is 1. The first-order valence-electron chi connectivity index (χ1n) is 2.73. The largest absolute Gasteiger partial charge is 0.498 e. The van der Waals surface area contributed by atoms with Crippen LogP contribution in [0.25, 0.3) is 0 Å². The van der Waals surface area contributed by atoms with Crippen molar-refractivity contribution in [2.45, 2.75) is 0 Å². The molecule has 1 rings (SSSR count). The number of amides is 1. The third kappa shape index (κ3) is 0.929. The maximum absolute atomic E-state index is 10.3. The minimum atomic E-state index is -1.09. The minimum Gasteiger partial charge on any atom is -0.498 e. The summed E-state index contributed by atoms with van der Waals surface area (Å²) >= 11 is 0. The van der Waals surface area contributed by atoms with Crippen LogP contribution in [-0.4, -0.2) is 37.1 Å². The van der Waals surface area contributed by atoms with Crippen LogP contribution in [0.5, 0.6) is 0 Å². The van der Waals surface area contributed by atoms with Crippen molar-refractivity contribution in [3.63, 3.8) is 0 Å². The Morgan fingerprint density at radius 1 is 1.89 bits per heavy atom. The highest BCUT2D eigenvalue weighted by Gasteiger charge is 2.25. The molecular formula is C5H8N2O2. The smallest absolute Gasteiger partial charge is 0.263 e. The predicted molar refractivity (Wildman–Crippen MR) is 29.8 cm³/mol. The quantitative estimate of drug-likeness (QED) is 0.385. The highest BCUT2D eigenvalue weighted by Crippen LogP contribution is 2.02. The number of aliphatic imine (C=N–C) groups is 1. The van der Waals surface area contributed by atoms with Gasteiger partial charge in [-0.2, -0.15) is 0 Å². The van der Waals surface area contributed by atoms with Gasteiger partial charge in [0, 0.05) is 0 Å². The zero-order chi connectivity index (χ0) is 6.91. The molecule has 1 aliphatic rings. The fraction of sp³-hybridized carbons (Fsp3) is 0.600. The van der Waals surface area contributed by atoms with Crippen molar-refractivity contribution >= 4 is 12.4 Å². The highest BCUT2D eigenvalue weighted by atomic mass is 16.4. The normalized spacial score (nSPS) is 33.0. The van der Waals surface area contributed by atoms with Crippen LogP contribution in [-0.2, 0) is 0 Å². The topological polar surface area (TPSA) is 52.5 Å². The number of carboxylic acid groups (broad SMARTS) is 1. The van der Waals surface area contributed by atoms with Crippen molar-refractivity contribution in [1.29, 1.82) is 0 Å². The summed E-state index contributed by atoms with van der Waals surface area (Å²) in [6, 6.07) is 0. The molecule has 0 bridgehead atoms. The molecule has 0 aromatic heterocycles. The summed E-state index contributed by atoms with van der Waals surface area (Å²) in [4.78, 5) is 14.1. The van der Waals surface area contributed by atoms with Gasteiger partial charge in [0.1, 0.15) is 6.54 Å². The molecule has 0 aromatic carbocycles. The molecule has 0 saturated heterocycles. The van der Waals surface area contributed by atoms with E-state index in [2.05, 4.69) is 4.99 Å². The van der Waals surface area contributed by atoms with E-state index in [1.54, 1.807) is 7.05 Å². The Morgan fingerprint density at radius 2 is 2.56 bits per heavy atom. The molecule has 4 heteroatoms. The van der Waals surface area contributed by atoms with Crippen LogP contribution in [0.2, 0.25) is 0 Å². The molecule has 0 N–H and O–H groups in total. The first-order chi connectivity index (χ1) is 4.15. The van der Waals surface area contributed by atoms with Crippen LogP contribution in [0.1, 0.15) is 0 Å². The Kier molecular flexibility index (Phi) is 1.25. The minimum absolute atomic E-state index is 0.181. The Balaban J connectivity index is 2.74. The lowest BCUT2D eigenvalue weighted by Crippen LogP contribution is -2.53. The van der Waals surface area contributed by atoms with Crippen molar-refractivity contribution < 1.29 is 14.4 Å². The second-order valence-corrected chi connectivity index (χ2v) is 2.28. The van der Waals surface area contributed by atoms with Crippen molar-refractivity contribution in [2.75, 3.05) is 20.1 Å². The Morgan fingerprint density at radius 3 is 2.78 bits per heavy atom. The number of nitrogens with zero attached hydrogens (tertiary/aromatic N) is 2. The van der Waals surface area contributed by atoms with Gasteiger partial charge in [-0.25, -0.2) is 9.48 Å². The van der Waals surface area contributed by atoms with Gasteiger partial charge < -0.3 is 9.90 Å². The lowest BCUT2D eigenvalue weighted by molar-refractivity contribution is -0.757. The summed E-state index contributed by atoms with van der Waals surface area (Å²) in [5, 5.41) is 10.3. The van der Waals surface area contributed by atoms with Gasteiger partial charge in [-0.05, 0) is 0 Å². The van der Waals surface area contributed by atoms with Gasteiger partial charge >= 0.3 is 0 Å². The summed E-state index contributed by atoms with van der Waals surface area (Å²) in [5.74, 6) is 0. The van der Waals surface area contributed by atoms with E-state index in [4.69, 9.17) is 0 Å². The fourth-order valence-electron chi connectivity index (χ4n) is 0.700. The molecule has 0 aromatic rings. The molecular weight excluding hydrogens is 120 g/mol. The maximum Gasteiger partial charge on any atom is 0.263 e. The Hall–Kier alpha value is -0.900. The fourth-order valence-corrected chi connectivity index (χ4v) is 0.700. The first kappa shape index (κ1) is 6.22. The molecule has 0 saturated carbocycles. The van der Waals surface area contributed by atoms with Crippen LogP contribution in [0.3, 0.4) is 0 Å². The van der Waals surface area contributed by atoms with E-state index in [-0.39, 0.29) is 4.48 Å². The lowest BCUT2D eigenvalue weighted by Gasteiger charge is -2.23. The van der Waals surface area contributed by atoms with Crippen molar-refractivity contribution in [3.05, 3.63) is 0 Å². The van der Waals surface area contributed by atoms with Crippen molar-refractivity contribution in [2.24, 2.45) is 4.99 Å². The van der Waals surface area contributed by atoms with Gasteiger partial charge in [-0.15, -0.1) is 0 Å². The van der Waals surface area contributed by atoms with Gasteiger partial charge in [0.05, 0.1) is 13.6 Å². The number of carbonyl (C=O) groups is 1. The summed E-state index contributed by atoms with van der Waals surface area (Å²) in [5.41, 5.74) is 0. The third-order valence-electron chi connectivity index (χ3n) is 1.45. The van der Waals surface area contributed by atoms with Gasteiger partial charge in [0.15, 0.2) is 6.34 Å². The molecule has 1 aliphatic heterocycles. The standard InChI is InChI=1S/C5H8N2O2/c1-7(5(8)9)3-2-6-4-7/h4H,2-3H2,1H3. The number of hydrogen-bond donors (Lipinski definition) is 0. The second-order valence-electron chi connectivity index (χ2n) is 2.28. The Bertz CT molecular complexity index is 166. The molecule has 0 radical (unpaired) electrons. The third-order valence-corrected chi connectivity index (χ3v) is 1.45. The molecule has 4 nitrogen and oxygen atoms in total. The zero-order valence-corrected chi connectivity index (χ0v) is 5.20. The molecule has 1 amide bonds. The SMILES string of the molecule is C[N+]1(C(=O)[O-])C=NCC1. The Labute approximate surface area is 53.0 Å². The summed E-state index contributed by atoms with van der Waals surface area (Å²) in [6.45, 7) is 1.10. The van der Waals surface area contributed by atoms with Gasteiger partial charge in [0.25, 0.3) is 6.09 Å². The van der Waals surface area contributed by atoms with E-state index >= 15 is 0 Å². The average molecular weight is 128 g/mol. The number of quaternary nitrogens is 1. The number of hydrogen-bond acceptors (Lipinski definition) is 3. The molecule has 50 valence electrons. The van der Waals surface area contributed by atoms with E-state index in [0.29, 0.717) is 13.1 Å². The average Bonchev–Trinajstić information content (AvgIpc) is 2.16. The molecule has 1 atom stereocenters. The zero-order valence-electron chi connectivity index (χ0n) is 5.20. The summed E-state index contributed by atoms with van der Waals surface area (Å²) in [7, 11) is 1.56. The molecule has 0 fully saturated rings. The molecule has 0 spiro atoms. The van der Waals surface area contributed by atoms with E-state index in [0.717, 1.165) is 0 Å².